The SMILES string of the molecule is CN1CCC(N2CCC(Nc3cccc4c3cc(C#CCNc3ccc(S(C)(=O)=O)cc3F)n4CC(F)(F)F)CC2)CC1. The van der Waals surface area contributed by atoms with Crippen LogP contribution in [0.5, 0.6) is 0 Å². The lowest BCUT2D eigenvalue weighted by Crippen LogP contribution is -2.48. The van der Waals surface area contributed by atoms with Gasteiger partial charge in [-0.05, 0) is 88.1 Å². The number of hydrogen-bond acceptors (Lipinski definition) is 6. The molecule has 12 heteroatoms. The highest BCUT2D eigenvalue weighted by Gasteiger charge is 2.31. The molecule has 2 N–H and O–H groups in total. The molecule has 5 rings (SSSR count). The third-order valence-electron chi connectivity index (χ3n) is 8.33. The average Bonchev–Trinajstić information content (AvgIpc) is 3.29. The number of halogens is 4. The number of anilines is 2. The summed E-state index contributed by atoms with van der Waals surface area (Å²) in [7, 11) is -1.40. The number of hydrogen-bond donors (Lipinski definition) is 2. The Bertz CT molecular complexity index is 1610. The predicted octanol–water partition coefficient (Wildman–Crippen LogP) is 5.18. The molecule has 0 amide bonds. The van der Waals surface area contributed by atoms with E-state index in [1.807, 2.05) is 6.07 Å². The van der Waals surface area contributed by atoms with Crippen molar-refractivity contribution < 1.29 is 26.0 Å². The zero-order chi connectivity index (χ0) is 30.8. The van der Waals surface area contributed by atoms with Gasteiger partial charge in [0.25, 0.3) is 0 Å². The molecule has 2 fully saturated rings. The van der Waals surface area contributed by atoms with Crippen LogP contribution < -0.4 is 10.6 Å². The quantitative estimate of drug-likeness (QED) is 0.281. The number of sulfone groups is 1. The van der Waals surface area contributed by atoms with Crippen molar-refractivity contribution in [2.75, 3.05) is 56.7 Å². The first-order valence-electron chi connectivity index (χ1n) is 14.5. The topological polar surface area (TPSA) is 69.6 Å². The lowest BCUT2D eigenvalue weighted by Gasteiger charge is -2.41. The molecule has 2 aliphatic rings. The Morgan fingerprint density at radius 3 is 2.35 bits per heavy atom. The number of aromatic nitrogens is 1. The molecular weight excluding hydrogens is 582 g/mol. The van der Waals surface area contributed by atoms with Gasteiger partial charge in [-0.2, -0.15) is 13.2 Å². The van der Waals surface area contributed by atoms with Crippen LogP contribution in [-0.2, 0) is 16.4 Å². The highest BCUT2D eigenvalue weighted by molar-refractivity contribution is 7.90. The first-order valence-corrected chi connectivity index (χ1v) is 16.4. The molecule has 2 aromatic carbocycles. The maximum atomic E-state index is 14.4. The molecule has 2 aliphatic heterocycles. The second kappa shape index (κ2) is 12.8. The molecular formula is C31H37F4N5O2S. The molecule has 1 aromatic heterocycles. The van der Waals surface area contributed by atoms with Crippen molar-refractivity contribution in [3.05, 3.63) is 54.0 Å². The number of likely N-dealkylation sites (tertiary alicyclic amines) is 2. The van der Waals surface area contributed by atoms with Crippen molar-refractivity contribution in [3.8, 4) is 11.8 Å². The Morgan fingerprint density at radius 2 is 1.70 bits per heavy atom. The van der Waals surface area contributed by atoms with Gasteiger partial charge in [0.2, 0.25) is 0 Å². The van der Waals surface area contributed by atoms with Crippen LogP contribution in [0.3, 0.4) is 0 Å². The number of nitrogens with one attached hydrogen (secondary N) is 2. The molecule has 0 spiro atoms. The van der Waals surface area contributed by atoms with Gasteiger partial charge in [0.05, 0.1) is 28.3 Å². The number of nitrogens with zero attached hydrogens (tertiary/aromatic N) is 3. The van der Waals surface area contributed by atoms with Crippen LogP contribution in [0.2, 0.25) is 0 Å². The van der Waals surface area contributed by atoms with Gasteiger partial charge in [0.1, 0.15) is 12.4 Å². The molecule has 3 heterocycles. The Hall–Kier alpha value is -3.27. The van der Waals surface area contributed by atoms with E-state index in [-0.39, 0.29) is 28.9 Å². The molecule has 0 bridgehead atoms. The fourth-order valence-corrected chi connectivity index (χ4v) is 6.63. The van der Waals surface area contributed by atoms with E-state index in [1.54, 1.807) is 18.2 Å². The molecule has 0 unspecified atom stereocenters. The second-order valence-corrected chi connectivity index (χ2v) is 13.5. The minimum absolute atomic E-state index is 0.0471. The van der Waals surface area contributed by atoms with Gasteiger partial charge in [-0.1, -0.05) is 12.0 Å². The molecule has 3 aromatic rings. The number of rotatable bonds is 7. The van der Waals surface area contributed by atoms with Crippen LogP contribution in [0.1, 0.15) is 31.4 Å². The van der Waals surface area contributed by atoms with E-state index in [0.29, 0.717) is 16.9 Å². The fraction of sp³-hybridized carbons (Fsp3) is 0.484. The van der Waals surface area contributed by atoms with Crippen molar-refractivity contribution in [1.82, 2.24) is 14.4 Å². The third-order valence-corrected chi connectivity index (χ3v) is 9.44. The van der Waals surface area contributed by atoms with Crippen molar-refractivity contribution in [2.45, 2.75) is 55.4 Å². The normalized spacial score (nSPS) is 18.0. The lowest BCUT2D eigenvalue weighted by molar-refractivity contribution is -0.140. The molecule has 0 saturated carbocycles. The lowest BCUT2D eigenvalue weighted by atomic mass is 9.97. The largest absolute Gasteiger partial charge is 0.406 e. The van der Waals surface area contributed by atoms with E-state index < -0.39 is 28.4 Å². The molecule has 43 heavy (non-hydrogen) atoms. The second-order valence-electron chi connectivity index (χ2n) is 11.5. The Balaban J connectivity index is 1.30. The Kier molecular flexibility index (Phi) is 9.25. The van der Waals surface area contributed by atoms with Gasteiger partial charge in [0.15, 0.2) is 9.84 Å². The van der Waals surface area contributed by atoms with E-state index in [2.05, 4.69) is 39.3 Å². The monoisotopic (exact) mass is 619 g/mol. The van der Waals surface area contributed by atoms with Crippen LogP contribution in [0.4, 0.5) is 28.9 Å². The molecule has 0 atom stereocenters. The molecule has 2 saturated heterocycles. The van der Waals surface area contributed by atoms with Crippen LogP contribution in [-0.4, -0.2) is 87.1 Å². The summed E-state index contributed by atoms with van der Waals surface area (Å²) in [6, 6.07) is 11.3. The summed E-state index contributed by atoms with van der Waals surface area (Å²) < 4.78 is 79.6. The van der Waals surface area contributed by atoms with Crippen molar-refractivity contribution in [2.24, 2.45) is 0 Å². The minimum Gasteiger partial charge on any atom is -0.382 e. The first kappa shape index (κ1) is 31.2. The average molecular weight is 620 g/mol. The van der Waals surface area contributed by atoms with E-state index in [0.717, 1.165) is 61.6 Å². The maximum Gasteiger partial charge on any atom is 0.406 e. The van der Waals surface area contributed by atoms with Gasteiger partial charge in [0, 0.05) is 42.5 Å². The number of alkyl halides is 3. The standard InChI is InChI=1S/C31H37F4N5O2S/c1-38-15-12-23(13-16-38)39-17-10-22(11-18-39)37-28-6-3-7-30-26(28)19-24(40(30)21-31(33,34)35)5-4-14-36-29-9-8-25(20-27(29)32)43(2,41)42/h3,6-9,19-20,22-23,36-37H,10-18,21H2,1-2H3. The number of piperidine rings is 2. The zero-order valence-electron chi connectivity index (χ0n) is 24.3. The highest BCUT2D eigenvalue weighted by Crippen LogP contribution is 2.32. The van der Waals surface area contributed by atoms with Gasteiger partial charge in [-0.25, -0.2) is 12.8 Å². The predicted molar refractivity (Wildman–Crippen MR) is 162 cm³/mol. The highest BCUT2D eigenvalue weighted by atomic mass is 32.2. The van der Waals surface area contributed by atoms with Gasteiger partial charge in [-0.15, -0.1) is 0 Å². The van der Waals surface area contributed by atoms with Crippen LogP contribution in [0.25, 0.3) is 10.9 Å². The molecule has 0 aliphatic carbocycles. The molecule has 232 valence electrons. The minimum atomic E-state index is -4.45. The van der Waals surface area contributed by atoms with Gasteiger partial charge < -0.3 is 25.0 Å². The van der Waals surface area contributed by atoms with Gasteiger partial charge in [-0.3, -0.25) is 0 Å². The summed E-state index contributed by atoms with van der Waals surface area (Å²) in [4.78, 5) is 4.80. The fourth-order valence-electron chi connectivity index (χ4n) is 6.00. The van der Waals surface area contributed by atoms with Crippen molar-refractivity contribution in [3.63, 3.8) is 0 Å². The van der Waals surface area contributed by atoms with Crippen molar-refractivity contribution >= 4 is 32.1 Å². The Labute approximate surface area is 250 Å². The number of benzene rings is 2. The van der Waals surface area contributed by atoms with E-state index in [4.69, 9.17) is 0 Å². The van der Waals surface area contributed by atoms with Crippen LogP contribution >= 0.6 is 0 Å². The maximum absolute atomic E-state index is 14.4. The van der Waals surface area contributed by atoms with Crippen LogP contribution in [0.15, 0.2) is 47.4 Å². The first-order chi connectivity index (χ1) is 20.4. The smallest absolute Gasteiger partial charge is 0.382 e. The summed E-state index contributed by atoms with van der Waals surface area (Å²) >= 11 is 0. The molecule has 7 nitrogen and oxygen atoms in total. The summed E-state index contributed by atoms with van der Waals surface area (Å²) in [5, 5.41) is 7.03. The summed E-state index contributed by atoms with van der Waals surface area (Å²) in [6.45, 7) is 3.00. The third kappa shape index (κ3) is 7.82. The van der Waals surface area contributed by atoms with Crippen molar-refractivity contribution in [1.29, 1.82) is 0 Å². The zero-order valence-corrected chi connectivity index (χ0v) is 25.2. The van der Waals surface area contributed by atoms with E-state index >= 15 is 0 Å². The van der Waals surface area contributed by atoms with Gasteiger partial charge >= 0.3 is 6.18 Å². The number of fused-ring (bicyclic) bond motifs is 1. The molecule has 0 radical (unpaired) electrons. The summed E-state index contributed by atoms with van der Waals surface area (Å²) in [5.41, 5.74) is 1.47. The summed E-state index contributed by atoms with van der Waals surface area (Å²) in [5.74, 6) is 4.85. The van der Waals surface area contributed by atoms with E-state index in [9.17, 15) is 26.0 Å². The Morgan fingerprint density at radius 1 is 0.977 bits per heavy atom. The van der Waals surface area contributed by atoms with Crippen LogP contribution in [0, 0.1) is 17.7 Å². The van der Waals surface area contributed by atoms with E-state index in [1.165, 1.54) is 25.0 Å². The summed E-state index contributed by atoms with van der Waals surface area (Å²) in [6.07, 6.45) is 0.837.